The number of benzene rings is 1. The summed E-state index contributed by atoms with van der Waals surface area (Å²) in [5.74, 6) is 1.65. The Morgan fingerprint density at radius 2 is 2.20 bits per heavy atom. The quantitative estimate of drug-likeness (QED) is 0.522. The van der Waals surface area contributed by atoms with E-state index in [9.17, 15) is 0 Å². The molecular formula is C17H15ClN6S. The van der Waals surface area contributed by atoms with E-state index in [1.165, 1.54) is 0 Å². The minimum Gasteiger partial charge on any atom is -0.337 e. The van der Waals surface area contributed by atoms with Gasteiger partial charge in [0.2, 0.25) is 0 Å². The molecule has 6 nitrogen and oxygen atoms in total. The standard InChI is InChI=1S/C17H15ClN6S/c18-13-2-1-3-15(8-13)24-17(9-14-10-25-12-20-14)21-16(22-24)4-6-23-7-5-19-11-23/h1-3,5,7-8,10-12H,4,6,9H2. The van der Waals surface area contributed by atoms with Crippen LogP contribution in [0.4, 0.5) is 0 Å². The first-order valence-electron chi connectivity index (χ1n) is 7.81. The van der Waals surface area contributed by atoms with Crippen molar-refractivity contribution < 1.29 is 0 Å². The van der Waals surface area contributed by atoms with Crippen molar-refractivity contribution in [1.82, 2.24) is 29.3 Å². The zero-order valence-corrected chi connectivity index (χ0v) is 14.9. The first-order chi connectivity index (χ1) is 12.3. The van der Waals surface area contributed by atoms with E-state index in [-0.39, 0.29) is 0 Å². The number of hydrogen-bond acceptors (Lipinski definition) is 5. The summed E-state index contributed by atoms with van der Waals surface area (Å²) in [5, 5.41) is 7.39. The van der Waals surface area contributed by atoms with Crippen LogP contribution in [0.15, 0.2) is 53.9 Å². The minimum atomic E-state index is 0.633. The number of aryl methyl sites for hydroxylation is 2. The number of imidazole rings is 1. The predicted octanol–water partition coefficient (Wildman–Crippen LogP) is 3.41. The number of nitrogens with zero attached hydrogens (tertiary/aromatic N) is 6. The van der Waals surface area contributed by atoms with Gasteiger partial charge in [0.25, 0.3) is 0 Å². The lowest BCUT2D eigenvalue weighted by molar-refractivity contribution is 0.667. The molecule has 1 aromatic carbocycles. The van der Waals surface area contributed by atoms with E-state index in [1.807, 2.05) is 50.6 Å². The molecule has 4 aromatic rings. The van der Waals surface area contributed by atoms with Gasteiger partial charge in [-0.2, -0.15) is 5.10 Å². The Morgan fingerprint density at radius 3 is 2.96 bits per heavy atom. The Labute approximate surface area is 153 Å². The molecule has 0 aliphatic rings. The number of hydrogen-bond donors (Lipinski definition) is 0. The lowest BCUT2D eigenvalue weighted by atomic mass is 10.3. The third kappa shape index (κ3) is 3.78. The molecule has 0 unspecified atom stereocenters. The van der Waals surface area contributed by atoms with E-state index in [0.29, 0.717) is 11.4 Å². The lowest BCUT2D eigenvalue weighted by Crippen LogP contribution is -2.04. The van der Waals surface area contributed by atoms with Crippen molar-refractivity contribution in [2.45, 2.75) is 19.4 Å². The predicted molar refractivity (Wildman–Crippen MR) is 97.2 cm³/mol. The summed E-state index contributed by atoms with van der Waals surface area (Å²) in [6.45, 7) is 0.787. The second kappa shape index (κ2) is 7.16. The highest BCUT2D eigenvalue weighted by Crippen LogP contribution is 2.18. The van der Waals surface area contributed by atoms with Crippen LogP contribution in [0.1, 0.15) is 17.3 Å². The van der Waals surface area contributed by atoms with Crippen LogP contribution in [-0.4, -0.2) is 29.3 Å². The van der Waals surface area contributed by atoms with Crippen molar-refractivity contribution >= 4 is 22.9 Å². The van der Waals surface area contributed by atoms with Crippen LogP contribution >= 0.6 is 22.9 Å². The average molecular weight is 371 g/mol. The van der Waals surface area contributed by atoms with Gasteiger partial charge in [0.1, 0.15) is 5.82 Å². The Morgan fingerprint density at radius 1 is 1.24 bits per heavy atom. The summed E-state index contributed by atoms with van der Waals surface area (Å²) in [6, 6.07) is 7.63. The van der Waals surface area contributed by atoms with Crippen molar-refractivity contribution in [2.75, 3.05) is 0 Å². The SMILES string of the molecule is Clc1cccc(-n2nc(CCn3ccnc3)nc2Cc2cscn2)c1. The van der Waals surface area contributed by atoms with Crippen molar-refractivity contribution in [3.8, 4) is 5.69 Å². The van der Waals surface area contributed by atoms with Gasteiger partial charge in [-0.3, -0.25) is 0 Å². The first-order valence-corrected chi connectivity index (χ1v) is 9.13. The van der Waals surface area contributed by atoms with Crippen molar-refractivity contribution in [3.05, 3.63) is 76.2 Å². The van der Waals surface area contributed by atoms with Gasteiger partial charge in [-0.05, 0) is 18.2 Å². The summed E-state index contributed by atoms with van der Waals surface area (Å²) >= 11 is 7.72. The van der Waals surface area contributed by atoms with E-state index in [0.717, 1.165) is 36.0 Å². The zero-order chi connectivity index (χ0) is 17.1. The molecule has 0 aliphatic heterocycles. The van der Waals surface area contributed by atoms with E-state index in [1.54, 1.807) is 23.9 Å². The van der Waals surface area contributed by atoms with Crippen molar-refractivity contribution in [1.29, 1.82) is 0 Å². The molecule has 0 saturated heterocycles. The largest absolute Gasteiger partial charge is 0.337 e. The fraction of sp³-hybridized carbons (Fsp3) is 0.176. The molecule has 0 saturated carbocycles. The van der Waals surface area contributed by atoms with E-state index >= 15 is 0 Å². The second-order valence-electron chi connectivity index (χ2n) is 5.54. The van der Waals surface area contributed by atoms with Gasteiger partial charge in [0, 0.05) is 35.8 Å². The van der Waals surface area contributed by atoms with Gasteiger partial charge in [-0.1, -0.05) is 17.7 Å². The number of rotatable bonds is 6. The molecule has 4 rings (SSSR count). The molecule has 0 bridgehead atoms. The minimum absolute atomic E-state index is 0.633. The number of aromatic nitrogens is 6. The van der Waals surface area contributed by atoms with Crippen molar-refractivity contribution in [2.24, 2.45) is 0 Å². The van der Waals surface area contributed by atoms with Gasteiger partial charge in [0.15, 0.2) is 5.82 Å². The normalized spacial score (nSPS) is 11.1. The topological polar surface area (TPSA) is 61.4 Å². The number of halogens is 1. The maximum Gasteiger partial charge on any atom is 0.153 e. The molecule has 0 amide bonds. The Kier molecular flexibility index (Phi) is 4.58. The Hall–Kier alpha value is -2.51. The maximum atomic E-state index is 6.14. The summed E-state index contributed by atoms with van der Waals surface area (Å²) in [4.78, 5) is 13.1. The van der Waals surface area contributed by atoms with Crippen LogP contribution in [0, 0.1) is 0 Å². The zero-order valence-electron chi connectivity index (χ0n) is 13.3. The summed E-state index contributed by atoms with van der Waals surface area (Å²) in [7, 11) is 0. The fourth-order valence-electron chi connectivity index (χ4n) is 2.56. The lowest BCUT2D eigenvalue weighted by Gasteiger charge is -2.05. The number of thiazole rings is 1. The average Bonchev–Trinajstić information content (AvgIpc) is 3.36. The van der Waals surface area contributed by atoms with Crippen LogP contribution in [0.2, 0.25) is 5.02 Å². The van der Waals surface area contributed by atoms with E-state index < -0.39 is 0 Å². The molecule has 3 heterocycles. The molecule has 0 spiro atoms. The first kappa shape index (κ1) is 16.0. The molecule has 0 N–H and O–H groups in total. The van der Waals surface area contributed by atoms with Gasteiger partial charge in [-0.25, -0.2) is 19.6 Å². The van der Waals surface area contributed by atoms with Crippen LogP contribution in [0.25, 0.3) is 5.69 Å². The monoisotopic (exact) mass is 370 g/mol. The Balaban J connectivity index is 1.64. The molecule has 0 fully saturated rings. The van der Waals surface area contributed by atoms with Gasteiger partial charge < -0.3 is 4.57 Å². The molecule has 0 radical (unpaired) electrons. The molecule has 0 atom stereocenters. The van der Waals surface area contributed by atoms with Crippen LogP contribution < -0.4 is 0 Å². The highest BCUT2D eigenvalue weighted by molar-refractivity contribution is 7.07. The summed E-state index contributed by atoms with van der Waals surface area (Å²) in [5.41, 5.74) is 3.72. The second-order valence-corrected chi connectivity index (χ2v) is 6.70. The molecule has 25 heavy (non-hydrogen) atoms. The van der Waals surface area contributed by atoms with Crippen LogP contribution in [0.3, 0.4) is 0 Å². The van der Waals surface area contributed by atoms with Gasteiger partial charge >= 0.3 is 0 Å². The molecular weight excluding hydrogens is 356 g/mol. The maximum absolute atomic E-state index is 6.14. The van der Waals surface area contributed by atoms with Crippen molar-refractivity contribution in [3.63, 3.8) is 0 Å². The molecule has 8 heteroatoms. The third-order valence-corrected chi connectivity index (χ3v) is 4.62. The molecule has 0 aliphatic carbocycles. The van der Waals surface area contributed by atoms with Crippen LogP contribution in [0.5, 0.6) is 0 Å². The van der Waals surface area contributed by atoms with E-state index in [2.05, 4.69) is 9.97 Å². The fourth-order valence-corrected chi connectivity index (χ4v) is 3.30. The summed E-state index contributed by atoms with van der Waals surface area (Å²) < 4.78 is 3.87. The Bertz CT molecular complexity index is 946. The highest BCUT2D eigenvalue weighted by Gasteiger charge is 2.13. The smallest absolute Gasteiger partial charge is 0.153 e. The van der Waals surface area contributed by atoms with Gasteiger partial charge in [0.05, 0.1) is 29.6 Å². The highest BCUT2D eigenvalue weighted by atomic mass is 35.5. The van der Waals surface area contributed by atoms with E-state index in [4.69, 9.17) is 21.7 Å². The molecule has 3 aromatic heterocycles. The van der Waals surface area contributed by atoms with Gasteiger partial charge in [-0.15, -0.1) is 11.3 Å². The summed E-state index contributed by atoms with van der Waals surface area (Å²) in [6.07, 6.45) is 6.86. The third-order valence-electron chi connectivity index (χ3n) is 3.75. The molecule has 126 valence electrons. The van der Waals surface area contributed by atoms with Crippen LogP contribution in [-0.2, 0) is 19.4 Å².